The molecule has 0 aromatic rings. The molecule has 0 aromatic heterocycles. The maximum absolute atomic E-state index is 2.37. The van der Waals surface area contributed by atoms with E-state index in [0.717, 1.165) is 0 Å². The number of halogens is 1. The first kappa shape index (κ1) is 19.0. The molecule has 1 nitrogen and oxygen atoms in total. The van der Waals surface area contributed by atoms with Crippen LogP contribution in [-0.4, -0.2) is 30.7 Å². The summed E-state index contributed by atoms with van der Waals surface area (Å²) in [6.07, 6.45) is 8.27. The molecule has 16 heavy (non-hydrogen) atoms. The number of hydrogen-bond acceptors (Lipinski definition) is 0. The molecule has 0 radical (unpaired) electrons. The van der Waals surface area contributed by atoms with Crippen molar-refractivity contribution in [2.45, 2.75) is 66.2 Å². The second kappa shape index (κ2) is 12.2. The number of unbranched alkanes of at least 4 members (excludes halogenated alkanes) is 3. The van der Waals surface area contributed by atoms with Crippen molar-refractivity contribution in [1.82, 2.24) is 0 Å². The summed E-state index contributed by atoms with van der Waals surface area (Å²) in [6, 6.07) is 0. The van der Waals surface area contributed by atoms with Crippen molar-refractivity contribution >= 4 is 0 Å². The maximum atomic E-state index is 2.37. The lowest BCUT2D eigenvalue weighted by atomic mass is 10.1. The topological polar surface area (TPSA) is 0 Å². The fourth-order valence-corrected chi connectivity index (χ4v) is 2.47. The Kier molecular flexibility index (Phi) is 14.5. The van der Waals surface area contributed by atoms with Gasteiger partial charge < -0.3 is 28.5 Å². The van der Waals surface area contributed by atoms with Gasteiger partial charge in [0.15, 0.2) is 0 Å². The van der Waals surface area contributed by atoms with E-state index >= 15 is 0 Å². The van der Waals surface area contributed by atoms with Crippen molar-refractivity contribution < 1.29 is 28.5 Å². The zero-order chi connectivity index (χ0) is 11.6. The normalized spacial score (nSPS) is 14.2. The van der Waals surface area contributed by atoms with E-state index in [1.165, 1.54) is 69.2 Å². The molecule has 0 aliphatic heterocycles. The molecule has 0 saturated carbocycles. The van der Waals surface area contributed by atoms with E-state index in [1.807, 2.05) is 0 Å². The van der Waals surface area contributed by atoms with Crippen molar-refractivity contribution in [1.29, 1.82) is 0 Å². The second-order valence-corrected chi connectivity index (χ2v) is 4.89. The molecular formula is C14H32IN. The highest BCUT2D eigenvalue weighted by Crippen LogP contribution is 2.13. The molecule has 0 aliphatic rings. The van der Waals surface area contributed by atoms with Crippen molar-refractivity contribution in [3.63, 3.8) is 0 Å². The highest BCUT2D eigenvalue weighted by molar-refractivity contribution is 4.46. The monoisotopic (exact) mass is 341 g/mol. The summed E-state index contributed by atoms with van der Waals surface area (Å²) < 4.78 is 1.38. The van der Waals surface area contributed by atoms with Gasteiger partial charge in [-0.2, -0.15) is 0 Å². The van der Waals surface area contributed by atoms with E-state index in [2.05, 4.69) is 27.7 Å². The number of nitrogens with zero attached hydrogens (tertiary/aromatic N) is 1. The molecule has 0 fully saturated rings. The van der Waals surface area contributed by atoms with Gasteiger partial charge in [-0.1, -0.05) is 33.6 Å². The molecule has 1 unspecified atom stereocenters. The third kappa shape index (κ3) is 7.88. The minimum Gasteiger partial charge on any atom is -1.00 e. The van der Waals surface area contributed by atoms with E-state index in [4.69, 9.17) is 0 Å². The van der Waals surface area contributed by atoms with Gasteiger partial charge in [0.2, 0.25) is 0 Å². The van der Waals surface area contributed by atoms with Gasteiger partial charge in [0.05, 0.1) is 26.2 Å². The van der Waals surface area contributed by atoms with Crippen LogP contribution in [0, 0.1) is 0 Å². The van der Waals surface area contributed by atoms with E-state index in [1.54, 1.807) is 0 Å². The van der Waals surface area contributed by atoms with Crippen LogP contribution in [0.25, 0.3) is 0 Å². The number of rotatable bonds is 10. The van der Waals surface area contributed by atoms with Crippen LogP contribution in [0.1, 0.15) is 66.2 Å². The van der Waals surface area contributed by atoms with Crippen LogP contribution in [0.2, 0.25) is 0 Å². The van der Waals surface area contributed by atoms with Gasteiger partial charge in [-0.15, -0.1) is 0 Å². The summed E-state index contributed by atoms with van der Waals surface area (Å²) in [7, 11) is 0. The third-order valence-corrected chi connectivity index (χ3v) is 3.59. The van der Waals surface area contributed by atoms with E-state index in [-0.39, 0.29) is 24.0 Å². The molecule has 1 atom stereocenters. The molecule has 2 heteroatoms. The Balaban J connectivity index is 0. The minimum absolute atomic E-state index is 0. The largest absolute Gasteiger partial charge is 1.00 e. The molecular weight excluding hydrogens is 309 g/mol. The molecule has 0 bridgehead atoms. The average molecular weight is 341 g/mol. The van der Waals surface area contributed by atoms with Crippen molar-refractivity contribution in [3.05, 3.63) is 0 Å². The predicted molar refractivity (Wildman–Crippen MR) is 70.1 cm³/mol. The molecule has 0 saturated heterocycles. The number of quaternary nitrogens is 1. The van der Waals surface area contributed by atoms with E-state index in [0.29, 0.717) is 0 Å². The van der Waals surface area contributed by atoms with Crippen molar-refractivity contribution in [3.8, 4) is 0 Å². The van der Waals surface area contributed by atoms with Gasteiger partial charge in [-0.05, 0) is 32.6 Å². The Morgan fingerprint density at radius 3 is 1.62 bits per heavy atom. The summed E-state index contributed by atoms with van der Waals surface area (Å²) in [5.41, 5.74) is 0. The quantitative estimate of drug-likeness (QED) is 0.319. The van der Waals surface area contributed by atoms with Gasteiger partial charge in [-0.25, -0.2) is 0 Å². The highest BCUT2D eigenvalue weighted by Gasteiger charge is 2.22. The summed E-state index contributed by atoms with van der Waals surface area (Å²) in [5.74, 6) is 0. The summed E-state index contributed by atoms with van der Waals surface area (Å²) in [5, 5.41) is 0. The molecule has 0 amide bonds. The standard InChI is InChI=1S/C14H32N.HI/c1-5-9-11-14-15(8-4,12-7-3)13-10-6-2;/h5-14H2,1-4H3;1H/q+1;/p-1. The van der Waals surface area contributed by atoms with Crippen LogP contribution in [0.4, 0.5) is 0 Å². The molecule has 0 aromatic carbocycles. The van der Waals surface area contributed by atoms with Crippen LogP contribution in [0.3, 0.4) is 0 Å². The van der Waals surface area contributed by atoms with Gasteiger partial charge in [0, 0.05) is 0 Å². The van der Waals surface area contributed by atoms with Gasteiger partial charge >= 0.3 is 0 Å². The Hall–Kier alpha value is 0.690. The van der Waals surface area contributed by atoms with Crippen LogP contribution in [-0.2, 0) is 0 Å². The smallest absolute Gasteiger partial charge is 0.0786 e. The molecule has 0 spiro atoms. The highest BCUT2D eigenvalue weighted by atomic mass is 127. The first-order chi connectivity index (χ1) is 7.24. The first-order valence-corrected chi connectivity index (χ1v) is 7.09. The Labute approximate surface area is 121 Å². The van der Waals surface area contributed by atoms with Gasteiger partial charge in [-0.3, -0.25) is 0 Å². The van der Waals surface area contributed by atoms with Crippen LogP contribution < -0.4 is 24.0 Å². The minimum atomic E-state index is 0. The second-order valence-electron chi connectivity index (χ2n) is 4.89. The summed E-state index contributed by atoms with van der Waals surface area (Å²) >= 11 is 0. The van der Waals surface area contributed by atoms with E-state index in [9.17, 15) is 0 Å². The fraction of sp³-hybridized carbons (Fsp3) is 1.00. The van der Waals surface area contributed by atoms with Crippen LogP contribution in [0.5, 0.6) is 0 Å². The lowest BCUT2D eigenvalue weighted by Crippen LogP contribution is -3.00. The first-order valence-electron chi connectivity index (χ1n) is 7.09. The zero-order valence-corrected chi connectivity index (χ0v) is 14.1. The molecule has 0 N–H and O–H groups in total. The molecule has 0 aliphatic carbocycles. The van der Waals surface area contributed by atoms with E-state index < -0.39 is 0 Å². The molecule has 100 valence electrons. The molecule has 0 rings (SSSR count). The van der Waals surface area contributed by atoms with Crippen molar-refractivity contribution in [2.24, 2.45) is 0 Å². The Morgan fingerprint density at radius 2 is 1.19 bits per heavy atom. The zero-order valence-electron chi connectivity index (χ0n) is 11.9. The van der Waals surface area contributed by atoms with Gasteiger partial charge in [0.25, 0.3) is 0 Å². The average Bonchev–Trinajstić information content (AvgIpc) is 2.26. The summed E-state index contributed by atoms with van der Waals surface area (Å²) in [4.78, 5) is 0. The lowest BCUT2D eigenvalue weighted by Gasteiger charge is -2.38. The van der Waals surface area contributed by atoms with Crippen LogP contribution in [0.15, 0.2) is 0 Å². The Morgan fingerprint density at radius 1 is 0.625 bits per heavy atom. The Bertz CT molecular complexity index is 139. The SMILES string of the molecule is CCCCC[N+](CC)(CCC)CCCC.[I-]. The molecule has 0 heterocycles. The van der Waals surface area contributed by atoms with Crippen LogP contribution >= 0.6 is 0 Å². The number of hydrogen-bond donors (Lipinski definition) is 0. The summed E-state index contributed by atoms with van der Waals surface area (Å²) in [6.45, 7) is 14.8. The van der Waals surface area contributed by atoms with Gasteiger partial charge in [0.1, 0.15) is 0 Å². The maximum Gasteiger partial charge on any atom is 0.0786 e. The van der Waals surface area contributed by atoms with Crippen molar-refractivity contribution in [2.75, 3.05) is 26.2 Å². The fourth-order valence-electron chi connectivity index (χ4n) is 2.47. The third-order valence-electron chi connectivity index (χ3n) is 3.59. The predicted octanol–water partition coefficient (Wildman–Crippen LogP) is 1.23. The lowest BCUT2D eigenvalue weighted by molar-refractivity contribution is -0.927.